The van der Waals surface area contributed by atoms with Crippen molar-refractivity contribution in [3.8, 4) is 33.4 Å². The molecule has 258 valence electrons. The fourth-order valence-corrected chi connectivity index (χ4v) is 10.1. The van der Waals surface area contributed by atoms with Crippen LogP contribution in [0.4, 0.5) is 17.1 Å². The first-order chi connectivity index (χ1) is 26.5. The maximum absolute atomic E-state index is 6.85. The topological polar surface area (TPSA) is 16.4 Å². The van der Waals surface area contributed by atoms with E-state index >= 15 is 0 Å². The van der Waals surface area contributed by atoms with Crippen LogP contribution in [0, 0.1) is 0 Å². The first-order valence-electron chi connectivity index (χ1n) is 18.9. The number of benzene rings is 7. The Hall–Kier alpha value is -6.16. The number of rotatable bonds is 5. The van der Waals surface area contributed by atoms with Crippen LogP contribution >= 0.6 is 11.3 Å². The maximum Gasteiger partial charge on any atom is 0.144 e. The molecular weight excluding hydrogens is 675 g/mol. The van der Waals surface area contributed by atoms with Gasteiger partial charge in [0.2, 0.25) is 0 Å². The number of fused-ring (bicyclic) bond motifs is 9. The van der Waals surface area contributed by atoms with Gasteiger partial charge in [-0.1, -0.05) is 123 Å². The number of furan rings is 1. The van der Waals surface area contributed by atoms with Crippen LogP contribution in [0.25, 0.3) is 70.6 Å². The van der Waals surface area contributed by atoms with Crippen molar-refractivity contribution in [2.24, 2.45) is 0 Å². The monoisotopic (exact) mass is 711 g/mol. The van der Waals surface area contributed by atoms with Crippen molar-refractivity contribution in [1.82, 2.24) is 0 Å². The van der Waals surface area contributed by atoms with E-state index in [1.807, 2.05) is 11.3 Å². The smallest absolute Gasteiger partial charge is 0.144 e. The molecule has 2 heterocycles. The van der Waals surface area contributed by atoms with Gasteiger partial charge in [-0.05, 0) is 100.0 Å². The number of hydrogen-bond acceptors (Lipinski definition) is 3. The zero-order chi connectivity index (χ0) is 36.0. The Morgan fingerprint density at radius 1 is 0.574 bits per heavy atom. The van der Waals surface area contributed by atoms with E-state index in [9.17, 15) is 0 Å². The molecule has 54 heavy (non-hydrogen) atoms. The lowest BCUT2D eigenvalue weighted by atomic mass is 9.82. The van der Waals surface area contributed by atoms with Crippen LogP contribution in [0.3, 0.4) is 0 Å². The Kier molecular flexibility index (Phi) is 6.93. The largest absolute Gasteiger partial charge is 0.460 e. The highest BCUT2D eigenvalue weighted by Crippen LogP contribution is 2.52. The molecule has 2 aromatic heterocycles. The van der Waals surface area contributed by atoms with Crippen LogP contribution in [0.1, 0.15) is 42.7 Å². The van der Waals surface area contributed by atoms with E-state index in [1.165, 1.54) is 64.5 Å². The minimum atomic E-state index is -0.124. The Bertz CT molecular complexity index is 2960. The third-order valence-electron chi connectivity index (χ3n) is 11.7. The van der Waals surface area contributed by atoms with Crippen molar-refractivity contribution < 1.29 is 4.42 Å². The van der Waals surface area contributed by atoms with Gasteiger partial charge in [-0.25, -0.2) is 0 Å². The van der Waals surface area contributed by atoms with E-state index in [-0.39, 0.29) is 5.41 Å². The number of anilines is 3. The first kappa shape index (κ1) is 31.4. The molecule has 9 aromatic rings. The normalized spacial score (nSPS) is 14.0. The Labute approximate surface area is 319 Å². The van der Waals surface area contributed by atoms with Crippen molar-refractivity contribution in [1.29, 1.82) is 0 Å². The van der Waals surface area contributed by atoms with Gasteiger partial charge in [0.15, 0.2) is 0 Å². The molecule has 2 aliphatic rings. The predicted molar refractivity (Wildman–Crippen MR) is 230 cm³/mol. The molecule has 0 saturated carbocycles. The molecule has 11 rings (SSSR count). The summed E-state index contributed by atoms with van der Waals surface area (Å²) < 4.78 is 9.50. The maximum atomic E-state index is 6.85. The van der Waals surface area contributed by atoms with Crippen molar-refractivity contribution in [3.05, 3.63) is 180 Å². The Morgan fingerprint density at radius 3 is 2.20 bits per heavy atom. The molecule has 0 radical (unpaired) electrons. The van der Waals surface area contributed by atoms with E-state index < -0.39 is 0 Å². The molecular formula is C51H37NOS. The molecule has 0 atom stereocenters. The third-order valence-corrected chi connectivity index (χ3v) is 12.9. The minimum Gasteiger partial charge on any atom is -0.460 e. The van der Waals surface area contributed by atoms with Gasteiger partial charge in [-0.15, -0.1) is 11.3 Å². The van der Waals surface area contributed by atoms with Crippen LogP contribution in [-0.2, 0) is 11.8 Å². The molecule has 0 N–H and O–H groups in total. The SMILES string of the molecule is CC1(C)c2ccccc2-c2ccc(N(c3ccc(-c4ccc5sc6ccccc6c5c4)cc3)c3ccc4c5c(oc4c3-c3ccccc3)CCC=C5)cc21. The fourth-order valence-electron chi connectivity index (χ4n) is 9.04. The zero-order valence-electron chi connectivity index (χ0n) is 30.3. The first-order valence-corrected chi connectivity index (χ1v) is 19.7. The van der Waals surface area contributed by atoms with Gasteiger partial charge in [-0.3, -0.25) is 0 Å². The molecule has 0 unspecified atom stereocenters. The van der Waals surface area contributed by atoms with Gasteiger partial charge < -0.3 is 9.32 Å². The Morgan fingerprint density at radius 2 is 1.31 bits per heavy atom. The summed E-state index contributed by atoms with van der Waals surface area (Å²) in [5.41, 5.74) is 15.4. The molecule has 0 bridgehead atoms. The average molecular weight is 712 g/mol. The van der Waals surface area contributed by atoms with Crippen LogP contribution in [-0.4, -0.2) is 0 Å². The van der Waals surface area contributed by atoms with Gasteiger partial charge in [0.1, 0.15) is 11.3 Å². The van der Waals surface area contributed by atoms with E-state index in [0.29, 0.717) is 0 Å². The van der Waals surface area contributed by atoms with E-state index in [0.717, 1.165) is 52.4 Å². The highest BCUT2D eigenvalue weighted by Gasteiger charge is 2.36. The van der Waals surface area contributed by atoms with E-state index in [2.05, 4.69) is 183 Å². The van der Waals surface area contributed by atoms with Crippen molar-refractivity contribution in [2.45, 2.75) is 32.1 Å². The average Bonchev–Trinajstić information content (AvgIpc) is 3.86. The van der Waals surface area contributed by atoms with Crippen molar-refractivity contribution in [2.75, 3.05) is 4.90 Å². The summed E-state index contributed by atoms with van der Waals surface area (Å²) in [6.07, 6.45) is 6.43. The lowest BCUT2D eigenvalue weighted by Gasteiger charge is -2.30. The third kappa shape index (κ3) is 4.71. The van der Waals surface area contributed by atoms with Gasteiger partial charge >= 0.3 is 0 Å². The van der Waals surface area contributed by atoms with Crippen molar-refractivity contribution >= 4 is 65.6 Å². The number of aryl methyl sites for hydroxylation is 1. The summed E-state index contributed by atoms with van der Waals surface area (Å²) in [5, 5.41) is 3.81. The Balaban J connectivity index is 1.12. The van der Waals surface area contributed by atoms with Crippen LogP contribution < -0.4 is 4.90 Å². The highest BCUT2D eigenvalue weighted by atomic mass is 32.1. The standard InChI is InChI=1S/C51H37NOS/c1-51(2)43-17-9-6-14-37(43)38-26-25-36(31-44(38)51)52(35-23-20-32(21-24-35)34-22-29-48-42(30-34)40-16-8-11-19-47(40)54-48)45-28-27-41-39-15-7-10-18-46(39)53-50(41)49(45)33-12-4-3-5-13-33/h3-9,11-17,19-31H,10,18H2,1-2H3. The molecule has 0 spiro atoms. The number of thiophene rings is 1. The minimum absolute atomic E-state index is 0.124. The van der Waals surface area contributed by atoms with Gasteiger partial charge in [0.05, 0.1) is 5.69 Å². The van der Waals surface area contributed by atoms with Gasteiger partial charge in [0.25, 0.3) is 0 Å². The van der Waals surface area contributed by atoms with Crippen LogP contribution in [0.2, 0.25) is 0 Å². The summed E-state index contributed by atoms with van der Waals surface area (Å²) in [5.74, 6) is 1.07. The second kappa shape index (κ2) is 11.9. The molecule has 7 aromatic carbocycles. The van der Waals surface area contributed by atoms with Crippen molar-refractivity contribution in [3.63, 3.8) is 0 Å². The number of hydrogen-bond donors (Lipinski definition) is 0. The van der Waals surface area contributed by atoms with Gasteiger partial charge in [-0.2, -0.15) is 0 Å². The summed E-state index contributed by atoms with van der Waals surface area (Å²) in [6, 6.07) is 56.0. The second-order valence-electron chi connectivity index (χ2n) is 15.2. The molecule has 3 heteroatoms. The summed E-state index contributed by atoms with van der Waals surface area (Å²) in [4.78, 5) is 2.44. The predicted octanol–water partition coefficient (Wildman–Crippen LogP) is 14.9. The van der Waals surface area contributed by atoms with Crippen LogP contribution in [0.15, 0.2) is 162 Å². The lowest BCUT2D eigenvalue weighted by molar-refractivity contribution is 0.547. The number of allylic oxidation sites excluding steroid dienone is 1. The lowest BCUT2D eigenvalue weighted by Crippen LogP contribution is -2.17. The molecule has 0 aliphatic heterocycles. The zero-order valence-corrected chi connectivity index (χ0v) is 31.1. The van der Waals surface area contributed by atoms with Gasteiger partial charge in [0, 0.05) is 59.9 Å². The quantitative estimate of drug-likeness (QED) is 0.177. The summed E-state index contributed by atoms with van der Waals surface area (Å²) >= 11 is 1.86. The number of nitrogens with zero attached hydrogens (tertiary/aromatic N) is 1. The second-order valence-corrected chi connectivity index (χ2v) is 16.3. The molecule has 0 saturated heterocycles. The molecule has 2 aliphatic carbocycles. The highest BCUT2D eigenvalue weighted by molar-refractivity contribution is 7.25. The van der Waals surface area contributed by atoms with E-state index in [4.69, 9.17) is 4.42 Å². The van der Waals surface area contributed by atoms with E-state index in [1.54, 1.807) is 0 Å². The summed E-state index contributed by atoms with van der Waals surface area (Å²) in [6.45, 7) is 4.72. The molecule has 2 nitrogen and oxygen atoms in total. The fraction of sp³-hybridized carbons (Fsp3) is 0.0980. The summed E-state index contributed by atoms with van der Waals surface area (Å²) in [7, 11) is 0. The van der Waals surface area contributed by atoms with Crippen LogP contribution in [0.5, 0.6) is 0 Å². The molecule has 0 fully saturated rings. The molecule has 0 amide bonds.